The van der Waals surface area contributed by atoms with E-state index in [0.29, 0.717) is 23.6 Å². The molecule has 0 aliphatic heterocycles. The van der Waals surface area contributed by atoms with Crippen molar-refractivity contribution in [3.8, 4) is 0 Å². The largest absolute Gasteiger partial charge is 0.312 e. The lowest BCUT2D eigenvalue weighted by atomic mass is 10.2. The highest BCUT2D eigenvalue weighted by Crippen LogP contribution is 2.02. The predicted octanol–water partition coefficient (Wildman–Crippen LogP) is 0.908. The standard InChI is InChI=1S/C13H21N5O/c1-4-5-10(2)14-6-7-18-9-15-12-11(13(18)19)8-16-17(12)3/h8-10,14H,4-7H2,1-3H3. The number of hydrogen-bond acceptors (Lipinski definition) is 4. The highest BCUT2D eigenvalue weighted by atomic mass is 16.1. The zero-order valence-electron chi connectivity index (χ0n) is 11.8. The second-order valence-electron chi connectivity index (χ2n) is 4.89. The van der Waals surface area contributed by atoms with E-state index in [4.69, 9.17) is 0 Å². The van der Waals surface area contributed by atoms with Gasteiger partial charge in [-0.05, 0) is 13.3 Å². The fourth-order valence-electron chi connectivity index (χ4n) is 2.19. The molecule has 2 aromatic rings. The van der Waals surface area contributed by atoms with Crippen molar-refractivity contribution in [1.82, 2.24) is 24.6 Å². The summed E-state index contributed by atoms with van der Waals surface area (Å²) in [7, 11) is 1.78. The normalized spacial score (nSPS) is 13.0. The number of fused-ring (bicyclic) bond motifs is 1. The van der Waals surface area contributed by atoms with Gasteiger partial charge in [0.25, 0.3) is 5.56 Å². The second kappa shape index (κ2) is 5.97. The highest BCUT2D eigenvalue weighted by molar-refractivity contribution is 5.72. The first-order valence-electron chi connectivity index (χ1n) is 6.74. The zero-order valence-corrected chi connectivity index (χ0v) is 11.8. The van der Waals surface area contributed by atoms with Crippen molar-refractivity contribution >= 4 is 11.0 Å². The first-order valence-corrected chi connectivity index (χ1v) is 6.74. The maximum atomic E-state index is 12.2. The van der Waals surface area contributed by atoms with E-state index in [1.807, 2.05) is 0 Å². The van der Waals surface area contributed by atoms with Crippen molar-refractivity contribution in [3.63, 3.8) is 0 Å². The van der Waals surface area contributed by atoms with Crippen LogP contribution in [-0.4, -0.2) is 31.9 Å². The Morgan fingerprint density at radius 3 is 3.00 bits per heavy atom. The van der Waals surface area contributed by atoms with Gasteiger partial charge in [0.05, 0.1) is 6.20 Å². The number of aryl methyl sites for hydroxylation is 1. The van der Waals surface area contributed by atoms with E-state index in [0.717, 1.165) is 19.4 Å². The smallest absolute Gasteiger partial charge is 0.264 e. The van der Waals surface area contributed by atoms with E-state index in [-0.39, 0.29) is 5.56 Å². The molecule has 0 aliphatic rings. The van der Waals surface area contributed by atoms with Crippen LogP contribution in [0.5, 0.6) is 0 Å². The van der Waals surface area contributed by atoms with Gasteiger partial charge in [-0.15, -0.1) is 0 Å². The molecule has 0 aromatic carbocycles. The molecule has 104 valence electrons. The molecule has 2 rings (SSSR count). The lowest BCUT2D eigenvalue weighted by Gasteiger charge is -2.13. The summed E-state index contributed by atoms with van der Waals surface area (Å²) in [6.07, 6.45) is 5.49. The Labute approximate surface area is 112 Å². The fraction of sp³-hybridized carbons (Fsp3) is 0.615. The van der Waals surface area contributed by atoms with Crippen LogP contribution in [0.2, 0.25) is 0 Å². The summed E-state index contributed by atoms with van der Waals surface area (Å²) >= 11 is 0. The molecule has 1 N–H and O–H groups in total. The molecular formula is C13H21N5O. The van der Waals surface area contributed by atoms with E-state index >= 15 is 0 Å². The van der Waals surface area contributed by atoms with Crippen LogP contribution in [0, 0.1) is 0 Å². The van der Waals surface area contributed by atoms with Gasteiger partial charge in [-0.3, -0.25) is 14.0 Å². The molecule has 6 nitrogen and oxygen atoms in total. The molecule has 0 amide bonds. The second-order valence-corrected chi connectivity index (χ2v) is 4.89. The van der Waals surface area contributed by atoms with Gasteiger partial charge >= 0.3 is 0 Å². The molecule has 0 radical (unpaired) electrons. The zero-order chi connectivity index (χ0) is 13.8. The molecule has 19 heavy (non-hydrogen) atoms. The SMILES string of the molecule is CCCC(C)NCCn1cnc2c(cnn2C)c1=O. The Bertz CT molecular complexity index is 601. The van der Waals surface area contributed by atoms with Gasteiger partial charge in [0.2, 0.25) is 0 Å². The van der Waals surface area contributed by atoms with E-state index in [1.165, 1.54) is 0 Å². The summed E-state index contributed by atoms with van der Waals surface area (Å²) in [5, 5.41) is 8.04. The molecule has 0 saturated heterocycles. The van der Waals surface area contributed by atoms with Crippen LogP contribution >= 0.6 is 0 Å². The van der Waals surface area contributed by atoms with Crippen molar-refractivity contribution in [2.45, 2.75) is 39.3 Å². The molecule has 0 bridgehead atoms. The van der Waals surface area contributed by atoms with Crippen LogP contribution in [0.3, 0.4) is 0 Å². The van der Waals surface area contributed by atoms with Crippen LogP contribution < -0.4 is 10.9 Å². The average Bonchev–Trinajstić information content (AvgIpc) is 2.75. The molecular weight excluding hydrogens is 242 g/mol. The van der Waals surface area contributed by atoms with Gasteiger partial charge in [0.1, 0.15) is 11.7 Å². The third-order valence-electron chi connectivity index (χ3n) is 3.29. The summed E-state index contributed by atoms with van der Waals surface area (Å²) in [6, 6.07) is 0.482. The van der Waals surface area contributed by atoms with Crippen LogP contribution in [-0.2, 0) is 13.6 Å². The maximum absolute atomic E-state index is 12.2. The van der Waals surface area contributed by atoms with Crippen molar-refractivity contribution in [1.29, 1.82) is 0 Å². The Morgan fingerprint density at radius 2 is 2.26 bits per heavy atom. The first kappa shape index (κ1) is 13.7. The molecule has 0 spiro atoms. The molecule has 0 aliphatic carbocycles. The third kappa shape index (κ3) is 3.01. The maximum Gasteiger partial charge on any atom is 0.264 e. The minimum absolute atomic E-state index is 0.0250. The van der Waals surface area contributed by atoms with Gasteiger partial charge in [-0.2, -0.15) is 5.10 Å². The quantitative estimate of drug-likeness (QED) is 0.841. The Balaban J connectivity index is 2.05. The monoisotopic (exact) mass is 263 g/mol. The number of rotatable bonds is 6. The van der Waals surface area contributed by atoms with Crippen LogP contribution in [0.1, 0.15) is 26.7 Å². The van der Waals surface area contributed by atoms with Gasteiger partial charge in [0.15, 0.2) is 5.65 Å². The molecule has 6 heteroatoms. The van der Waals surface area contributed by atoms with Crippen LogP contribution in [0.15, 0.2) is 17.3 Å². The Kier molecular flexibility index (Phi) is 4.31. The number of nitrogens with one attached hydrogen (secondary N) is 1. The number of hydrogen-bond donors (Lipinski definition) is 1. The summed E-state index contributed by atoms with van der Waals surface area (Å²) in [6.45, 7) is 5.73. The van der Waals surface area contributed by atoms with Crippen molar-refractivity contribution in [3.05, 3.63) is 22.9 Å². The molecule has 0 saturated carbocycles. The molecule has 2 heterocycles. The van der Waals surface area contributed by atoms with Crippen molar-refractivity contribution < 1.29 is 0 Å². The summed E-state index contributed by atoms with van der Waals surface area (Å²) in [5.74, 6) is 0. The lowest BCUT2D eigenvalue weighted by Crippen LogP contribution is -2.32. The summed E-state index contributed by atoms with van der Waals surface area (Å²) < 4.78 is 3.25. The fourth-order valence-corrected chi connectivity index (χ4v) is 2.19. The lowest BCUT2D eigenvalue weighted by molar-refractivity contribution is 0.481. The molecule has 2 aromatic heterocycles. The number of aromatic nitrogens is 4. The van der Waals surface area contributed by atoms with E-state index in [1.54, 1.807) is 28.8 Å². The number of nitrogens with zero attached hydrogens (tertiary/aromatic N) is 4. The van der Waals surface area contributed by atoms with Crippen LogP contribution in [0.25, 0.3) is 11.0 Å². The van der Waals surface area contributed by atoms with Crippen molar-refractivity contribution in [2.24, 2.45) is 7.05 Å². The predicted molar refractivity (Wildman–Crippen MR) is 75.1 cm³/mol. The van der Waals surface area contributed by atoms with Gasteiger partial charge < -0.3 is 5.32 Å². The minimum atomic E-state index is -0.0250. The summed E-state index contributed by atoms with van der Waals surface area (Å²) in [5.41, 5.74) is 0.608. The Morgan fingerprint density at radius 1 is 1.47 bits per heavy atom. The molecule has 1 unspecified atom stereocenters. The van der Waals surface area contributed by atoms with Gasteiger partial charge in [0, 0.05) is 26.2 Å². The third-order valence-corrected chi connectivity index (χ3v) is 3.29. The average molecular weight is 263 g/mol. The topological polar surface area (TPSA) is 64.7 Å². The van der Waals surface area contributed by atoms with Gasteiger partial charge in [-0.1, -0.05) is 13.3 Å². The first-order chi connectivity index (χ1) is 9.13. The summed E-state index contributed by atoms with van der Waals surface area (Å²) in [4.78, 5) is 16.5. The van der Waals surface area contributed by atoms with E-state index in [9.17, 15) is 4.79 Å². The van der Waals surface area contributed by atoms with Gasteiger partial charge in [-0.25, -0.2) is 4.98 Å². The van der Waals surface area contributed by atoms with E-state index in [2.05, 4.69) is 29.2 Å². The van der Waals surface area contributed by atoms with Crippen molar-refractivity contribution in [2.75, 3.05) is 6.54 Å². The molecule has 1 atom stereocenters. The minimum Gasteiger partial charge on any atom is -0.312 e. The Hall–Kier alpha value is -1.69. The van der Waals surface area contributed by atoms with E-state index < -0.39 is 0 Å². The van der Waals surface area contributed by atoms with Crippen LogP contribution in [0.4, 0.5) is 0 Å². The molecule has 0 fully saturated rings. The highest BCUT2D eigenvalue weighted by Gasteiger charge is 2.07.